The fraction of sp³-hybridized carbons (Fsp3) is 0.310. The molecule has 6 rings (SSSR count). The molecule has 39 heavy (non-hydrogen) atoms. The van der Waals surface area contributed by atoms with E-state index in [2.05, 4.69) is 0 Å². The van der Waals surface area contributed by atoms with Gasteiger partial charge in [-0.15, -0.1) is 11.8 Å². The number of carbonyl (C=O) groups is 2. The van der Waals surface area contributed by atoms with E-state index in [1.807, 2.05) is 66.9 Å². The van der Waals surface area contributed by atoms with Crippen LogP contribution in [0.1, 0.15) is 38.1 Å². The van der Waals surface area contributed by atoms with Gasteiger partial charge in [0.25, 0.3) is 11.8 Å². The van der Waals surface area contributed by atoms with Crippen LogP contribution >= 0.6 is 35.0 Å². The summed E-state index contributed by atoms with van der Waals surface area (Å²) in [7, 11) is 0. The number of imide groups is 1. The average molecular weight is 586 g/mol. The summed E-state index contributed by atoms with van der Waals surface area (Å²) in [5.41, 5.74) is 1.50. The summed E-state index contributed by atoms with van der Waals surface area (Å²) in [6.45, 7) is 0.519. The molecule has 3 heterocycles. The molecule has 1 unspecified atom stereocenters. The van der Waals surface area contributed by atoms with Gasteiger partial charge in [0.1, 0.15) is 29.8 Å². The number of carbonyl (C=O) groups excluding carboxylic acids is 2. The van der Waals surface area contributed by atoms with Gasteiger partial charge in [0.15, 0.2) is 6.29 Å². The van der Waals surface area contributed by atoms with E-state index in [0.29, 0.717) is 0 Å². The Balaban J connectivity index is 1.38. The third kappa shape index (κ3) is 4.89. The maximum Gasteiger partial charge on any atom is 0.263 e. The summed E-state index contributed by atoms with van der Waals surface area (Å²) in [5.74, 6) is -1.01. The molecular formula is C29H25Cl2NO6S. The first kappa shape index (κ1) is 26.8. The lowest BCUT2D eigenvalue weighted by Crippen LogP contribution is -2.67. The summed E-state index contributed by atoms with van der Waals surface area (Å²) >= 11 is 14.0. The van der Waals surface area contributed by atoms with E-state index in [1.165, 1.54) is 28.8 Å². The lowest BCUT2D eigenvalue weighted by Gasteiger charge is -2.50. The van der Waals surface area contributed by atoms with Gasteiger partial charge in [-0.05, 0) is 24.0 Å². The van der Waals surface area contributed by atoms with E-state index >= 15 is 0 Å². The number of nitrogens with zero attached hydrogens (tertiary/aromatic N) is 1. The number of hydrogen-bond donors (Lipinski definition) is 0. The van der Waals surface area contributed by atoms with Crippen LogP contribution in [-0.4, -0.2) is 59.4 Å². The highest BCUT2D eigenvalue weighted by atomic mass is 35.5. The molecule has 0 aliphatic carbocycles. The zero-order chi connectivity index (χ0) is 27.1. The van der Waals surface area contributed by atoms with Gasteiger partial charge in [0, 0.05) is 5.56 Å². The highest BCUT2D eigenvalue weighted by molar-refractivity contribution is 7.99. The Hall–Kier alpha value is -2.43. The van der Waals surface area contributed by atoms with Crippen LogP contribution in [0, 0.1) is 0 Å². The molecule has 3 aromatic rings. The van der Waals surface area contributed by atoms with Crippen molar-refractivity contribution in [3.63, 3.8) is 0 Å². The van der Waals surface area contributed by atoms with Gasteiger partial charge in [0.2, 0.25) is 0 Å². The summed E-state index contributed by atoms with van der Waals surface area (Å²) < 4.78 is 25.5. The normalized spacial score (nSPS) is 28.3. The Kier molecular flexibility index (Phi) is 7.70. The summed E-state index contributed by atoms with van der Waals surface area (Å²) in [5, 5.41) is 0.258. The molecule has 0 radical (unpaired) electrons. The average Bonchev–Trinajstić information content (AvgIpc) is 3.23. The molecule has 10 heteroatoms. The third-order valence-electron chi connectivity index (χ3n) is 7.17. The standard InChI is InChI=1S/C29H25Cl2NO6S/c1-39-29-23(32-26(33)18-12-13-19(30)22(31)21(18)27(32)34)25(35-14-16-8-4-2-5-9-16)24-20(37-29)15-36-28(38-24)17-10-6-3-7-11-17/h2-13,20,23-25,28-29H,14-15H2,1H3/t20-,23-,24-,25-,28?,29+/m1/s1. The smallest absolute Gasteiger partial charge is 0.263 e. The highest BCUT2D eigenvalue weighted by Crippen LogP contribution is 2.43. The monoisotopic (exact) mass is 585 g/mol. The number of hydrogen-bond acceptors (Lipinski definition) is 7. The molecule has 0 saturated carbocycles. The van der Waals surface area contributed by atoms with Gasteiger partial charge < -0.3 is 18.9 Å². The molecule has 3 aliphatic rings. The molecule has 2 amide bonds. The minimum absolute atomic E-state index is 0.0542. The van der Waals surface area contributed by atoms with Crippen LogP contribution in [0.2, 0.25) is 10.0 Å². The van der Waals surface area contributed by atoms with Gasteiger partial charge in [-0.3, -0.25) is 14.5 Å². The minimum Gasteiger partial charge on any atom is -0.368 e. The molecule has 202 valence electrons. The lowest BCUT2D eigenvalue weighted by atomic mass is 9.95. The quantitative estimate of drug-likeness (QED) is 0.341. The molecule has 6 atom stereocenters. The Morgan fingerprint density at radius 3 is 2.38 bits per heavy atom. The van der Waals surface area contributed by atoms with Crippen LogP contribution in [0.15, 0.2) is 72.8 Å². The molecule has 0 N–H and O–H groups in total. The fourth-order valence-corrected chi connectivity index (χ4v) is 6.53. The number of ether oxygens (including phenoxy) is 4. The van der Waals surface area contributed by atoms with E-state index in [0.717, 1.165) is 11.1 Å². The number of amides is 2. The van der Waals surface area contributed by atoms with Crippen molar-refractivity contribution >= 4 is 46.8 Å². The second-order valence-electron chi connectivity index (χ2n) is 9.47. The molecule has 3 aromatic carbocycles. The maximum absolute atomic E-state index is 13.8. The summed E-state index contributed by atoms with van der Waals surface area (Å²) in [6, 6.07) is 21.5. The first-order valence-corrected chi connectivity index (χ1v) is 14.5. The van der Waals surface area contributed by atoms with Crippen molar-refractivity contribution < 1.29 is 28.5 Å². The predicted octanol–water partition coefficient (Wildman–Crippen LogP) is 5.75. The number of rotatable bonds is 6. The van der Waals surface area contributed by atoms with E-state index in [1.54, 1.807) is 0 Å². The van der Waals surface area contributed by atoms with Gasteiger partial charge >= 0.3 is 0 Å². The van der Waals surface area contributed by atoms with E-state index in [4.69, 9.17) is 42.1 Å². The van der Waals surface area contributed by atoms with Crippen molar-refractivity contribution in [3.05, 3.63) is 105 Å². The SMILES string of the molecule is CS[C@@H]1O[C@@H]2COC(c3ccccc3)O[C@H]2[C@H](OCc2ccccc2)[C@H]1N1C(=O)c2ccc(Cl)c(Cl)c2C1=O. The van der Waals surface area contributed by atoms with Gasteiger partial charge in [-0.2, -0.15) is 0 Å². The van der Waals surface area contributed by atoms with Crippen molar-refractivity contribution in [3.8, 4) is 0 Å². The van der Waals surface area contributed by atoms with Gasteiger partial charge in [-0.1, -0.05) is 83.9 Å². The van der Waals surface area contributed by atoms with Crippen molar-refractivity contribution in [2.45, 2.75) is 42.7 Å². The van der Waals surface area contributed by atoms with Crippen LogP contribution in [0.3, 0.4) is 0 Å². The Morgan fingerprint density at radius 1 is 0.949 bits per heavy atom. The molecule has 0 spiro atoms. The van der Waals surface area contributed by atoms with Gasteiger partial charge in [0.05, 0.1) is 34.4 Å². The van der Waals surface area contributed by atoms with Gasteiger partial charge in [-0.25, -0.2) is 0 Å². The summed E-state index contributed by atoms with van der Waals surface area (Å²) in [6.07, 6.45) is -0.586. The Bertz CT molecular complexity index is 1380. The molecule has 0 aromatic heterocycles. The predicted molar refractivity (Wildman–Crippen MR) is 148 cm³/mol. The van der Waals surface area contributed by atoms with Crippen LogP contribution in [-0.2, 0) is 25.6 Å². The highest BCUT2D eigenvalue weighted by Gasteiger charge is 2.56. The molecule has 3 aliphatic heterocycles. The zero-order valence-corrected chi connectivity index (χ0v) is 23.2. The Morgan fingerprint density at radius 2 is 1.67 bits per heavy atom. The van der Waals surface area contributed by atoms with E-state index in [-0.39, 0.29) is 34.4 Å². The fourth-order valence-electron chi connectivity index (χ4n) is 5.31. The molecule has 2 saturated heterocycles. The molecular weight excluding hydrogens is 561 g/mol. The molecule has 0 bridgehead atoms. The van der Waals surface area contributed by atoms with Crippen LogP contribution in [0.5, 0.6) is 0 Å². The molecule has 7 nitrogen and oxygen atoms in total. The second-order valence-corrected chi connectivity index (χ2v) is 11.2. The van der Waals surface area contributed by atoms with Crippen LogP contribution in [0.4, 0.5) is 0 Å². The topological polar surface area (TPSA) is 74.3 Å². The van der Waals surface area contributed by atoms with E-state index in [9.17, 15) is 9.59 Å². The Labute approximate surface area is 240 Å². The van der Waals surface area contributed by atoms with Crippen molar-refractivity contribution in [1.82, 2.24) is 4.90 Å². The zero-order valence-electron chi connectivity index (χ0n) is 20.9. The van der Waals surface area contributed by atoms with Crippen molar-refractivity contribution in [2.24, 2.45) is 0 Å². The van der Waals surface area contributed by atoms with Crippen LogP contribution in [0.25, 0.3) is 0 Å². The van der Waals surface area contributed by atoms with Crippen LogP contribution < -0.4 is 0 Å². The second kappa shape index (κ2) is 11.2. The molecule has 2 fully saturated rings. The first-order valence-electron chi connectivity index (χ1n) is 12.5. The van der Waals surface area contributed by atoms with Crippen molar-refractivity contribution in [1.29, 1.82) is 0 Å². The largest absolute Gasteiger partial charge is 0.368 e. The first-order chi connectivity index (χ1) is 19.0. The number of halogens is 2. The number of fused-ring (bicyclic) bond motifs is 2. The number of thioether (sulfide) groups is 1. The lowest BCUT2D eigenvalue weighted by molar-refractivity contribution is -0.316. The minimum atomic E-state index is -0.804. The maximum atomic E-state index is 13.8. The third-order valence-corrected chi connectivity index (χ3v) is 8.83. The van der Waals surface area contributed by atoms with E-state index < -0.39 is 47.9 Å². The number of benzene rings is 3. The summed E-state index contributed by atoms with van der Waals surface area (Å²) in [4.78, 5) is 28.7. The van der Waals surface area contributed by atoms with Crippen molar-refractivity contribution in [2.75, 3.05) is 12.9 Å².